The molecule has 1 aromatic heterocycles. The first-order valence-electron chi connectivity index (χ1n) is 5.87. The van der Waals surface area contributed by atoms with Crippen molar-refractivity contribution in [3.63, 3.8) is 0 Å². The van der Waals surface area contributed by atoms with Gasteiger partial charge in [0.1, 0.15) is 12.4 Å². The number of hydrogen-bond acceptors (Lipinski definition) is 5. The van der Waals surface area contributed by atoms with Crippen LogP contribution in [0.5, 0.6) is 11.5 Å². The van der Waals surface area contributed by atoms with Gasteiger partial charge in [-0.25, -0.2) is 10.8 Å². The molecule has 1 heterocycles. The Morgan fingerprint density at radius 1 is 1.10 bits per heavy atom. The third-order valence-electron chi connectivity index (χ3n) is 2.49. The highest BCUT2D eigenvalue weighted by Gasteiger charge is 2.32. The maximum atomic E-state index is 12.3. The first-order chi connectivity index (χ1) is 9.99. The summed E-state index contributed by atoms with van der Waals surface area (Å²) in [6, 6.07) is 8.88. The number of benzene rings is 1. The van der Waals surface area contributed by atoms with Crippen LogP contribution in [0.15, 0.2) is 42.6 Å². The summed E-state index contributed by atoms with van der Waals surface area (Å²) in [6.07, 6.45) is -3.25. The van der Waals surface area contributed by atoms with E-state index < -0.39 is 12.1 Å². The topological polar surface area (TPSA) is 69.4 Å². The Morgan fingerprint density at radius 2 is 1.81 bits per heavy atom. The van der Waals surface area contributed by atoms with E-state index in [1.54, 1.807) is 18.2 Å². The van der Waals surface area contributed by atoms with Gasteiger partial charge in [0.2, 0.25) is 0 Å². The molecular weight excluding hydrogens is 287 g/mol. The van der Waals surface area contributed by atoms with Gasteiger partial charge in [0.15, 0.2) is 11.5 Å². The van der Waals surface area contributed by atoms with Gasteiger partial charge in [-0.3, -0.25) is 0 Å². The Labute approximate surface area is 118 Å². The molecule has 2 rings (SSSR count). The first-order valence-corrected chi connectivity index (χ1v) is 5.87. The van der Waals surface area contributed by atoms with E-state index in [1.807, 2.05) is 0 Å². The number of nitrogens with zero attached hydrogens (tertiary/aromatic N) is 1. The zero-order valence-corrected chi connectivity index (χ0v) is 10.7. The smallest absolute Gasteiger partial charge is 0.485 e. The van der Waals surface area contributed by atoms with Crippen molar-refractivity contribution < 1.29 is 22.6 Å². The molecule has 0 aliphatic carbocycles. The van der Waals surface area contributed by atoms with E-state index in [-0.39, 0.29) is 12.4 Å². The van der Waals surface area contributed by atoms with Crippen LogP contribution in [-0.2, 0) is 6.61 Å². The molecule has 0 amide bonds. The Hall–Kier alpha value is -2.48. The van der Waals surface area contributed by atoms with Gasteiger partial charge >= 0.3 is 6.36 Å². The number of nitrogens with one attached hydrogen (secondary N) is 1. The highest BCUT2D eigenvalue weighted by Crippen LogP contribution is 2.32. The van der Waals surface area contributed by atoms with E-state index in [1.165, 1.54) is 24.4 Å². The maximum absolute atomic E-state index is 12.3. The summed E-state index contributed by atoms with van der Waals surface area (Å²) in [5.74, 6) is 5.24. The summed E-state index contributed by atoms with van der Waals surface area (Å²) in [6.45, 7) is -0.00833. The average Bonchev–Trinajstić information content (AvgIpc) is 2.45. The molecule has 0 bridgehead atoms. The molecule has 0 spiro atoms. The lowest BCUT2D eigenvalue weighted by Gasteiger charge is -2.14. The summed E-state index contributed by atoms with van der Waals surface area (Å²) in [7, 11) is 0. The van der Waals surface area contributed by atoms with Gasteiger partial charge in [0.05, 0.1) is 0 Å². The number of anilines is 1. The van der Waals surface area contributed by atoms with Gasteiger partial charge in [0.25, 0.3) is 0 Å². The van der Waals surface area contributed by atoms with Crippen LogP contribution in [0.2, 0.25) is 0 Å². The molecule has 0 saturated carbocycles. The van der Waals surface area contributed by atoms with Crippen LogP contribution in [0.4, 0.5) is 19.0 Å². The number of alkyl halides is 3. The van der Waals surface area contributed by atoms with Gasteiger partial charge in [-0.2, -0.15) is 0 Å². The Balaban J connectivity index is 2.13. The summed E-state index contributed by atoms with van der Waals surface area (Å²) in [5, 5.41) is 0. The highest BCUT2D eigenvalue weighted by molar-refractivity contribution is 5.43. The monoisotopic (exact) mass is 299 g/mol. The van der Waals surface area contributed by atoms with Crippen molar-refractivity contribution >= 4 is 5.82 Å². The second-order valence-corrected chi connectivity index (χ2v) is 3.94. The average molecular weight is 299 g/mol. The lowest BCUT2D eigenvalue weighted by Crippen LogP contribution is -2.18. The molecule has 21 heavy (non-hydrogen) atoms. The van der Waals surface area contributed by atoms with Crippen LogP contribution in [0.3, 0.4) is 0 Å². The van der Waals surface area contributed by atoms with Crippen molar-refractivity contribution in [2.45, 2.75) is 13.0 Å². The van der Waals surface area contributed by atoms with Crippen LogP contribution < -0.4 is 20.7 Å². The van der Waals surface area contributed by atoms with Crippen LogP contribution in [0.25, 0.3) is 0 Å². The number of hydrazine groups is 1. The van der Waals surface area contributed by atoms with Crippen molar-refractivity contribution in [3.05, 3.63) is 48.2 Å². The molecule has 2 aromatic rings. The fourth-order valence-electron chi connectivity index (χ4n) is 1.62. The summed E-state index contributed by atoms with van der Waals surface area (Å²) in [5.41, 5.74) is 2.98. The number of halogens is 3. The fraction of sp³-hybridized carbons (Fsp3) is 0.154. The number of pyridine rings is 1. The SMILES string of the molecule is NNc1ncccc1COc1ccccc1OC(F)(F)F. The first kappa shape index (κ1) is 14.9. The van der Waals surface area contributed by atoms with Crippen LogP contribution in [0, 0.1) is 0 Å². The Bertz CT molecular complexity index is 605. The fourth-order valence-corrected chi connectivity index (χ4v) is 1.62. The maximum Gasteiger partial charge on any atom is 0.573 e. The quantitative estimate of drug-likeness (QED) is 0.656. The molecule has 0 aliphatic heterocycles. The summed E-state index contributed by atoms with van der Waals surface area (Å²) in [4.78, 5) is 3.96. The molecule has 5 nitrogen and oxygen atoms in total. The highest BCUT2D eigenvalue weighted by atomic mass is 19.4. The van der Waals surface area contributed by atoms with Crippen molar-refractivity contribution in [2.75, 3.05) is 5.43 Å². The minimum Gasteiger partial charge on any atom is -0.485 e. The molecular formula is C13H12F3N3O2. The molecule has 0 aliphatic rings. The third kappa shape index (κ3) is 4.25. The zero-order chi connectivity index (χ0) is 15.3. The second-order valence-electron chi connectivity index (χ2n) is 3.94. The lowest BCUT2D eigenvalue weighted by atomic mass is 10.2. The molecule has 8 heteroatoms. The molecule has 0 unspecified atom stereocenters. The number of nitrogen functional groups attached to an aromatic ring is 1. The predicted molar refractivity (Wildman–Crippen MR) is 69.5 cm³/mol. The minimum atomic E-state index is -4.78. The number of ether oxygens (including phenoxy) is 2. The third-order valence-corrected chi connectivity index (χ3v) is 2.49. The predicted octanol–water partition coefficient (Wildman–Crippen LogP) is 2.84. The van der Waals surface area contributed by atoms with E-state index in [0.717, 1.165) is 0 Å². The van der Waals surface area contributed by atoms with Gasteiger partial charge < -0.3 is 14.9 Å². The molecule has 0 saturated heterocycles. The molecule has 0 atom stereocenters. The summed E-state index contributed by atoms with van der Waals surface area (Å²) >= 11 is 0. The normalized spacial score (nSPS) is 11.0. The molecule has 0 radical (unpaired) electrons. The number of nitrogens with two attached hydrogens (primary N) is 1. The van der Waals surface area contributed by atoms with E-state index in [2.05, 4.69) is 15.1 Å². The molecule has 3 N–H and O–H groups in total. The van der Waals surface area contributed by atoms with Gasteiger partial charge in [-0.05, 0) is 18.2 Å². The van der Waals surface area contributed by atoms with Crippen molar-refractivity contribution in [1.82, 2.24) is 4.98 Å². The zero-order valence-electron chi connectivity index (χ0n) is 10.7. The number of aromatic nitrogens is 1. The van der Waals surface area contributed by atoms with E-state index in [0.29, 0.717) is 11.4 Å². The number of rotatable bonds is 5. The van der Waals surface area contributed by atoms with Crippen molar-refractivity contribution in [2.24, 2.45) is 5.84 Å². The van der Waals surface area contributed by atoms with Crippen LogP contribution in [0.1, 0.15) is 5.56 Å². The minimum absolute atomic E-state index is 0.00833. The number of hydrogen-bond donors (Lipinski definition) is 2. The van der Waals surface area contributed by atoms with E-state index >= 15 is 0 Å². The van der Waals surface area contributed by atoms with Crippen LogP contribution >= 0.6 is 0 Å². The van der Waals surface area contributed by atoms with Crippen molar-refractivity contribution in [3.8, 4) is 11.5 Å². The second kappa shape index (κ2) is 6.31. The Kier molecular flexibility index (Phi) is 4.49. The largest absolute Gasteiger partial charge is 0.573 e. The molecule has 1 aromatic carbocycles. The van der Waals surface area contributed by atoms with Gasteiger partial charge in [0, 0.05) is 11.8 Å². The van der Waals surface area contributed by atoms with Crippen LogP contribution in [-0.4, -0.2) is 11.3 Å². The Morgan fingerprint density at radius 3 is 2.48 bits per heavy atom. The standard InChI is InChI=1S/C13H12F3N3O2/c14-13(15,16)21-11-6-2-1-5-10(11)20-8-9-4-3-7-18-12(9)19-17/h1-7H,8,17H2,(H,18,19). The van der Waals surface area contributed by atoms with E-state index in [9.17, 15) is 13.2 Å². The molecule has 0 fully saturated rings. The van der Waals surface area contributed by atoms with Gasteiger partial charge in [-0.15, -0.1) is 13.2 Å². The van der Waals surface area contributed by atoms with Crippen molar-refractivity contribution in [1.29, 1.82) is 0 Å². The van der Waals surface area contributed by atoms with E-state index in [4.69, 9.17) is 10.6 Å². The van der Waals surface area contributed by atoms with Gasteiger partial charge in [-0.1, -0.05) is 18.2 Å². The summed E-state index contributed by atoms with van der Waals surface area (Å²) < 4.78 is 46.1. The number of para-hydroxylation sites is 2. The molecule has 112 valence electrons. The lowest BCUT2D eigenvalue weighted by molar-refractivity contribution is -0.275.